The maximum Gasteiger partial charge on any atom is 0.124 e. The minimum Gasteiger partial charge on any atom is -0.316 e. The normalized spacial score (nSPS) is 25.3. The van der Waals surface area contributed by atoms with Gasteiger partial charge in [-0.2, -0.15) is 23.5 Å². The van der Waals surface area contributed by atoms with Gasteiger partial charge in [-0.15, -0.1) is 0 Å². The van der Waals surface area contributed by atoms with Gasteiger partial charge in [0.15, 0.2) is 0 Å². The van der Waals surface area contributed by atoms with Crippen LogP contribution in [0.5, 0.6) is 0 Å². The Morgan fingerprint density at radius 2 is 2.16 bits per heavy atom. The van der Waals surface area contributed by atoms with E-state index in [-0.39, 0.29) is 5.82 Å². The third-order valence-electron chi connectivity index (χ3n) is 3.46. The smallest absolute Gasteiger partial charge is 0.124 e. The highest BCUT2D eigenvalue weighted by molar-refractivity contribution is 8.07. The van der Waals surface area contributed by atoms with Crippen molar-refractivity contribution in [3.63, 3.8) is 0 Å². The molecule has 1 aliphatic heterocycles. The van der Waals surface area contributed by atoms with Crippen LogP contribution < -0.4 is 5.32 Å². The molecule has 0 radical (unpaired) electrons. The molecule has 5 heteroatoms. The van der Waals surface area contributed by atoms with E-state index in [4.69, 9.17) is 11.6 Å². The van der Waals surface area contributed by atoms with Gasteiger partial charge in [-0.25, -0.2) is 4.39 Å². The van der Waals surface area contributed by atoms with Gasteiger partial charge in [0.2, 0.25) is 0 Å². The number of halogens is 2. The summed E-state index contributed by atoms with van der Waals surface area (Å²) in [5.74, 6) is 2.16. The number of thioether (sulfide) groups is 2. The summed E-state index contributed by atoms with van der Waals surface area (Å²) in [5.41, 5.74) is 1.02. The van der Waals surface area contributed by atoms with Crippen molar-refractivity contribution in [2.45, 2.75) is 29.9 Å². The summed E-state index contributed by atoms with van der Waals surface area (Å²) in [6.07, 6.45) is 0.845. The van der Waals surface area contributed by atoms with Gasteiger partial charge < -0.3 is 5.32 Å². The maximum absolute atomic E-state index is 13.1. The molecule has 1 aromatic carbocycles. The number of benzene rings is 1. The first-order valence-electron chi connectivity index (χ1n) is 6.46. The second-order valence-electron chi connectivity index (χ2n) is 4.75. The molecule has 1 aliphatic rings. The molecule has 1 heterocycles. The fourth-order valence-electron chi connectivity index (χ4n) is 2.40. The van der Waals surface area contributed by atoms with Crippen LogP contribution in [-0.2, 0) is 6.42 Å². The Labute approximate surface area is 128 Å². The molecule has 1 saturated heterocycles. The van der Waals surface area contributed by atoms with Crippen molar-refractivity contribution in [1.29, 1.82) is 0 Å². The van der Waals surface area contributed by atoms with Gasteiger partial charge in [0, 0.05) is 33.1 Å². The summed E-state index contributed by atoms with van der Waals surface area (Å²) in [6.45, 7) is 2.29. The van der Waals surface area contributed by atoms with Crippen molar-refractivity contribution in [2.24, 2.45) is 0 Å². The Hall–Kier alpha value is 0.1000. The Morgan fingerprint density at radius 1 is 1.42 bits per heavy atom. The first kappa shape index (κ1) is 15.5. The molecule has 19 heavy (non-hydrogen) atoms. The average Bonchev–Trinajstić information content (AvgIpc) is 2.39. The average molecular weight is 320 g/mol. The molecule has 3 atom stereocenters. The molecule has 106 valence electrons. The molecule has 0 aromatic heterocycles. The predicted molar refractivity (Wildman–Crippen MR) is 86.1 cm³/mol. The van der Waals surface area contributed by atoms with Crippen LogP contribution in [0.4, 0.5) is 4.39 Å². The van der Waals surface area contributed by atoms with Crippen LogP contribution in [0.1, 0.15) is 12.5 Å². The molecule has 0 bridgehead atoms. The zero-order valence-corrected chi connectivity index (χ0v) is 13.5. The maximum atomic E-state index is 13.1. The van der Waals surface area contributed by atoms with Crippen LogP contribution in [0.15, 0.2) is 18.2 Å². The predicted octanol–water partition coefficient (Wildman–Crippen LogP) is 3.85. The fraction of sp³-hybridized carbons (Fsp3) is 0.571. The number of nitrogens with one attached hydrogen (secondary N) is 1. The van der Waals surface area contributed by atoms with E-state index in [2.05, 4.69) is 12.2 Å². The largest absolute Gasteiger partial charge is 0.316 e. The summed E-state index contributed by atoms with van der Waals surface area (Å²) in [7, 11) is 1.99. The van der Waals surface area contributed by atoms with Crippen molar-refractivity contribution in [1.82, 2.24) is 5.32 Å². The first-order valence-corrected chi connectivity index (χ1v) is 8.93. The molecule has 0 amide bonds. The molecule has 0 saturated carbocycles. The number of hydrogen-bond donors (Lipinski definition) is 1. The second kappa shape index (κ2) is 7.21. The molecule has 0 spiro atoms. The van der Waals surface area contributed by atoms with E-state index in [1.807, 2.05) is 30.6 Å². The third kappa shape index (κ3) is 4.03. The minimum absolute atomic E-state index is 0.272. The van der Waals surface area contributed by atoms with Crippen molar-refractivity contribution in [3.05, 3.63) is 34.6 Å². The SMILES string of the molecule is CNC(Cc1ccc(F)cc1Cl)C1SCCSC1C. The monoisotopic (exact) mass is 319 g/mol. The van der Waals surface area contributed by atoms with E-state index in [0.717, 1.165) is 12.0 Å². The summed E-state index contributed by atoms with van der Waals surface area (Å²) in [4.78, 5) is 0. The third-order valence-corrected chi connectivity index (χ3v) is 7.06. The lowest BCUT2D eigenvalue weighted by Crippen LogP contribution is -2.44. The highest BCUT2D eigenvalue weighted by Crippen LogP contribution is 2.34. The first-order chi connectivity index (χ1) is 9.11. The van der Waals surface area contributed by atoms with Gasteiger partial charge in [0.25, 0.3) is 0 Å². The van der Waals surface area contributed by atoms with Crippen LogP contribution >= 0.6 is 35.1 Å². The standard InChI is InChI=1S/C14H19ClFNS2/c1-9-14(19-6-5-18-9)13(17-2)7-10-3-4-11(16)8-12(10)15/h3-4,8-9,13-14,17H,5-7H2,1-2H3. The molecule has 0 aliphatic carbocycles. The van der Waals surface area contributed by atoms with E-state index >= 15 is 0 Å². The molecule has 2 rings (SSSR count). The highest BCUT2D eigenvalue weighted by Gasteiger charge is 2.29. The Kier molecular flexibility index (Phi) is 5.87. The van der Waals surface area contributed by atoms with Crippen molar-refractivity contribution >= 4 is 35.1 Å². The van der Waals surface area contributed by atoms with E-state index in [1.165, 1.54) is 23.6 Å². The Balaban J connectivity index is 2.09. The lowest BCUT2D eigenvalue weighted by molar-refractivity contribution is 0.530. The molecule has 1 aromatic rings. The number of likely N-dealkylation sites (N-methyl/N-ethyl adjacent to an activating group) is 1. The lowest BCUT2D eigenvalue weighted by atomic mass is 10.0. The van der Waals surface area contributed by atoms with Crippen LogP contribution in [0.25, 0.3) is 0 Å². The van der Waals surface area contributed by atoms with Crippen molar-refractivity contribution < 1.29 is 4.39 Å². The summed E-state index contributed by atoms with van der Waals surface area (Å²) in [6, 6.07) is 5.05. The van der Waals surface area contributed by atoms with E-state index in [1.54, 1.807) is 6.07 Å². The van der Waals surface area contributed by atoms with Crippen LogP contribution in [-0.4, -0.2) is 35.1 Å². The molecular formula is C14H19ClFNS2. The van der Waals surface area contributed by atoms with Gasteiger partial charge in [-0.05, 0) is 31.2 Å². The second-order valence-corrected chi connectivity index (χ2v) is 7.92. The van der Waals surface area contributed by atoms with Crippen molar-refractivity contribution in [3.8, 4) is 0 Å². The molecule has 1 N–H and O–H groups in total. The van der Waals surface area contributed by atoms with Gasteiger partial charge in [0.05, 0.1) is 0 Å². The molecule has 3 unspecified atom stereocenters. The van der Waals surface area contributed by atoms with E-state index in [9.17, 15) is 4.39 Å². The number of hydrogen-bond acceptors (Lipinski definition) is 3. The van der Waals surface area contributed by atoms with E-state index < -0.39 is 0 Å². The number of rotatable bonds is 4. The molecule has 1 fully saturated rings. The minimum atomic E-state index is -0.272. The lowest BCUT2D eigenvalue weighted by Gasteiger charge is -2.34. The molecular weight excluding hydrogens is 301 g/mol. The van der Waals surface area contributed by atoms with Gasteiger partial charge in [-0.1, -0.05) is 24.6 Å². The zero-order valence-electron chi connectivity index (χ0n) is 11.2. The van der Waals surface area contributed by atoms with Gasteiger partial charge in [0.1, 0.15) is 5.82 Å². The summed E-state index contributed by atoms with van der Waals surface area (Å²) >= 11 is 10.2. The summed E-state index contributed by atoms with van der Waals surface area (Å²) < 4.78 is 13.1. The van der Waals surface area contributed by atoms with E-state index in [0.29, 0.717) is 21.6 Å². The zero-order chi connectivity index (χ0) is 13.8. The topological polar surface area (TPSA) is 12.0 Å². The van der Waals surface area contributed by atoms with Gasteiger partial charge >= 0.3 is 0 Å². The fourth-order valence-corrected chi connectivity index (χ4v) is 5.64. The highest BCUT2D eigenvalue weighted by atomic mass is 35.5. The van der Waals surface area contributed by atoms with Gasteiger partial charge in [-0.3, -0.25) is 0 Å². The quantitative estimate of drug-likeness (QED) is 0.905. The summed E-state index contributed by atoms with van der Waals surface area (Å²) in [5, 5.41) is 5.14. The van der Waals surface area contributed by atoms with Crippen LogP contribution in [0.3, 0.4) is 0 Å². The molecule has 1 nitrogen and oxygen atoms in total. The Bertz CT molecular complexity index is 430. The van der Waals surface area contributed by atoms with Crippen molar-refractivity contribution in [2.75, 3.05) is 18.6 Å². The van der Waals surface area contributed by atoms with Crippen LogP contribution in [0, 0.1) is 5.82 Å². The van der Waals surface area contributed by atoms with Crippen LogP contribution in [0.2, 0.25) is 5.02 Å². The Morgan fingerprint density at radius 3 is 2.79 bits per heavy atom.